The van der Waals surface area contributed by atoms with Crippen LogP contribution < -0.4 is 0 Å². The minimum Gasteiger partial charge on any atom is -0.508 e. The summed E-state index contributed by atoms with van der Waals surface area (Å²) in [6.07, 6.45) is 10.7. The number of phenolic OH excluding ortho intramolecular Hbond substituents is 1. The van der Waals surface area contributed by atoms with Gasteiger partial charge in [0.1, 0.15) is 5.75 Å². The van der Waals surface area contributed by atoms with Crippen molar-refractivity contribution in [2.45, 2.75) is 71.1 Å². The second-order valence-electron chi connectivity index (χ2n) is 5.37. The molecule has 1 aromatic carbocycles. The van der Waals surface area contributed by atoms with Gasteiger partial charge in [0.15, 0.2) is 0 Å². The number of aromatic hydroxyl groups is 1. The van der Waals surface area contributed by atoms with Gasteiger partial charge in [-0.25, -0.2) is 0 Å². The van der Waals surface area contributed by atoms with Crippen LogP contribution in [0.25, 0.3) is 0 Å². The first-order chi connectivity index (χ1) is 8.75. The monoisotopic (exact) mass is 248 g/mol. The van der Waals surface area contributed by atoms with E-state index >= 15 is 0 Å². The van der Waals surface area contributed by atoms with Crippen LogP contribution in [0.2, 0.25) is 0 Å². The highest BCUT2D eigenvalue weighted by atomic mass is 16.3. The van der Waals surface area contributed by atoms with Gasteiger partial charge >= 0.3 is 0 Å². The molecule has 1 N–H and O–H groups in total. The lowest BCUT2D eigenvalue weighted by molar-refractivity contribution is 0.457. The first-order valence-corrected chi connectivity index (χ1v) is 7.53. The molecule has 0 aliphatic heterocycles. The number of unbranched alkanes of at least 4 members (excludes halogenated alkanes) is 6. The molecule has 1 rings (SSSR count). The van der Waals surface area contributed by atoms with E-state index in [9.17, 15) is 5.11 Å². The molecular weight excluding hydrogens is 220 g/mol. The quantitative estimate of drug-likeness (QED) is 0.561. The maximum atomic E-state index is 9.78. The Morgan fingerprint density at radius 1 is 0.944 bits per heavy atom. The van der Waals surface area contributed by atoms with Gasteiger partial charge in [-0.2, -0.15) is 0 Å². The molecule has 18 heavy (non-hydrogen) atoms. The van der Waals surface area contributed by atoms with E-state index in [4.69, 9.17) is 0 Å². The zero-order valence-electron chi connectivity index (χ0n) is 12.0. The Morgan fingerprint density at radius 3 is 2.22 bits per heavy atom. The normalized spacial score (nSPS) is 12.6. The Kier molecular flexibility index (Phi) is 7.55. The van der Waals surface area contributed by atoms with Crippen LogP contribution >= 0.6 is 0 Å². The van der Waals surface area contributed by atoms with Crippen molar-refractivity contribution in [3.63, 3.8) is 0 Å². The van der Waals surface area contributed by atoms with Crippen molar-refractivity contribution in [1.29, 1.82) is 0 Å². The third-order valence-electron chi connectivity index (χ3n) is 3.71. The van der Waals surface area contributed by atoms with Gasteiger partial charge in [-0.1, -0.05) is 77.0 Å². The molecule has 0 saturated heterocycles. The third-order valence-corrected chi connectivity index (χ3v) is 3.71. The van der Waals surface area contributed by atoms with Crippen LogP contribution in [-0.2, 0) is 0 Å². The van der Waals surface area contributed by atoms with Crippen molar-refractivity contribution in [3.05, 3.63) is 29.8 Å². The summed E-state index contributed by atoms with van der Waals surface area (Å²) in [6.45, 7) is 4.47. The Labute approximate surface area is 112 Å². The average Bonchev–Trinajstić information content (AvgIpc) is 2.38. The Balaban J connectivity index is 2.14. The van der Waals surface area contributed by atoms with E-state index in [1.807, 2.05) is 18.2 Å². The summed E-state index contributed by atoms with van der Waals surface area (Å²) in [4.78, 5) is 0. The highest BCUT2D eigenvalue weighted by Gasteiger charge is 2.08. The van der Waals surface area contributed by atoms with E-state index in [0.717, 1.165) is 5.56 Å². The number of benzene rings is 1. The van der Waals surface area contributed by atoms with Crippen molar-refractivity contribution < 1.29 is 5.11 Å². The number of hydrogen-bond acceptors (Lipinski definition) is 1. The van der Waals surface area contributed by atoms with Crippen LogP contribution in [0.3, 0.4) is 0 Å². The van der Waals surface area contributed by atoms with Gasteiger partial charge in [0, 0.05) is 0 Å². The predicted molar refractivity (Wildman–Crippen MR) is 79.1 cm³/mol. The van der Waals surface area contributed by atoms with E-state index in [1.165, 1.54) is 51.4 Å². The zero-order valence-corrected chi connectivity index (χ0v) is 12.0. The number of para-hydroxylation sites is 1. The lowest BCUT2D eigenvalue weighted by Gasteiger charge is -2.13. The molecule has 0 radical (unpaired) electrons. The molecule has 0 spiro atoms. The van der Waals surface area contributed by atoms with E-state index in [-0.39, 0.29) is 0 Å². The number of hydrogen-bond donors (Lipinski definition) is 1. The minimum atomic E-state index is 0.452. The summed E-state index contributed by atoms with van der Waals surface area (Å²) in [5.74, 6) is 0.926. The molecule has 0 aliphatic carbocycles. The molecular formula is C17H28O. The van der Waals surface area contributed by atoms with Gasteiger partial charge in [-0.3, -0.25) is 0 Å². The second-order valence-corrected chi connectivity index (χ2v) is 5.37. The van der Waals surface area contributed by atoms with Gasteiger partial charge in [0.2, 0.25) is 0 Å². The second kappa shape index (κ2) is 9.02. The van der Waals surface area contributed by atoms with Gasteiger partial charge < -0.3 is 5.11 Å². The minimum absolute atomic E-state index is 0.452. The molecule has 1 unspecified atom stereocenters. The van der Waals surface area contributed by atoms with Crippen LogP contribution in [0.4, 0.5) is 0 Å². The molecule has 1 aromatic rings. The van der Waals surface area contributed by atoms with Crippen LogP contribution in [0.5, 0.6) is 5.75 Å². The molecule has 0 fully saturated rings. The van der Waals surface area contributed by atoms with E-state index in [1.54, 1.807) is 6.07 Å². The highest BCUT2D eigenvalue weighted by Crippen LogP contribution is 2.29. The first kappa shape index (κ1) is 15.1. The Morgan fingerprint density at radius 2 is 1.56 bits per heavy atom. The largest absolute Gasteiger partial charge is 0.508 e. The SMILES string of the molecule is CCCCCCCCCC(C)c1ccccc1O. The molecule has 1 atom stereocenters. The van der Waals surface area contributed by atoms with Crippen molar-refractivity contribution in [3.8, 4) is 5.75 Å². The summed E-state index contributed by atoms with van der Waals surface area (Å²) < 4.78 is 0. The Bertz CT molecular complexity index is 319. The fourth-order valence-corrected chi connectivity index (χ4v) is 2.47. The molecule has 1 nitrogen and oxygen atoms in total. The standard InChI is InChI=1S/C17H28O/c1-3-4-5-6-7-8-9-12-15(2)16-13-10-11-14-17(16)18/h10-11,13-15,18H,3-9,12H2,1-2H3. The van der Waals surface area contributed by atoms with Gasteiger partial charge in [0.25, 0.3) is 0 Å². The first-order valence-electron chi connectivity index (χ1n) is 7.53. The van der Waals surface area contributed by atoms with Gasteiger partial charge in [-0.15, -0.1) is 0 Å². The van der Waals surface area contributed by atoms with Crippen molar-refractivity contribution in [1.82, 2.24) is 0 Å². The van der Waals surface area contributed by atoms with Gasteiger partial charge in [-0.05, 0) is 24.0 Å². The molecule has 0 aromatic heterocycles. The van der Waals surface area contributed by atoms with Crippen molar-refractivity contribution in [2.75, 3.05) is 0 Å². The predicted octanol–water partition coefficient (Wildman–Crippen LogP) is 5.64. The van der Waals surface area contributed by atoms with E-state index < -0.39 is 0 Å². The molecule has 0 bridgehead atoms. The smallest absolute Gasteiger partial charge is 0.119 e. The highest BCUT2D eigenvalue weighted by molar-refractivity contribution is 5.34. The zero-order chi connectivity index (χ0) is 13.2. The number of phenols is 1. The van der Waals surface area contributed by atoms with Crippen LogP contribution in [0.15, 0.2) is 24.3 Å². The molecule has 1 heteroatoms. The van der Waals surface area contributed by atoms with E-state index in [0.29, 0.717) is 11.7 Å². The summed E-state index contributed by atoms with van der Waals surface area (Å²) >= 11 is 0. The van der Waals surface area contributed by atoms with Crippen LogP contribution in [0.1, 0.15) is 76.7 Å². The summed E-state index contributed by atoms with van der Waals surface area (Å²) in [5, 5.41) is 9.78. The summed E-state index contributed by atoms with van der Waals surface area (Å²) in [7, 11) is 0. The molecule has 0 saturated carbocycles. The molecule has 0 heterocycles. The molecule has 0 amide bonds. The summed E-state index contributed by atoms with van der Waals surface area (Å²) in [5.41, 5.74) is 1.10. The lowest BCUT2D eigenvalue weighted by atomic mass is 9.94. The topological polar surface area (TPSA) is 20.2 Å². The fraction of sp³-hybridized carbons (Fsp3) is 0.647. The third kappa shape index (κ3) is 5.57. The fourth-order valence-electron chi connectivity index (χ4n) is 2.47. The Hall–Kier alpha value is -0.980. The lowest BCUT2D eigenvalue weighted by Crippen LogP contribution is -1.94. The average molecular weight is 248 g/mol. The molecule has 0 aliphatic rings. The van der Waals surface area contributed by atoms with E-state index in [2.05, 4.69) is 13.8 Å². The summed E-state index contributed by atoms with van der Waals surface area (Å²) in [6, 6.07) is 7.73. The van der Waals surface area contributed by atoms with Crippen molar-refractivity contribution in [2.24, 2.45) is 0 Å². The molecule has 102 valence electrons. The van der Waals surface area contributed by atoms with Crippen LogP contribution in [-0.4, -0.2) is 5.11 Å². The maximum Gasteiger partial charge on any atom is 0.119 e. The van der Waals surface area contributed by atoms with Crippen LogP contribution in [0, 0.1) is 0 Å². The number of rotatable bonds is 9. The maximum absolute atomic E-state index is 9.78. The van der Waals surface area contributed by atoms with Gasteiger partial charge in [0.05, 0.1) is 0 Å². The van der Waals surface area contributed by atoms with Crippen molar-refractivity contribution >= 4 is 0 Å².